The molecule has 0 spiro atoms. The average Bonchev–Trinajstić information content (AvgIpc) is 2.71. The van der Waals surface area contributed by atoms with E-state index >= 15 is 0 Å². The summed E-state index contributed by atoms with van der Waals surface area (Å²) in [6.07, 6.45) is -0.535. The maximum atomic E-state index is 11.6. The molecule has 1 aliphatic heterocycles. The van der Waals surface area contributed by atoms with Crippen LogP contribution in [0.3, 0.4) is 0 Å². The van der Waals surface area contributed by atoms with Crippen molar-refractivity contribution in [3.05, 3.63) is 24.3 Å². The van der Waals surface area contributed by atoms with Gasteiger partial charge in [-0.3, -0.25) is 4.90 Å². The fraction of sp³-hybridized carbons (Fsp3) is 0.417. The van der Waals surface area contributed by atoms with Gasteiger partial charge in [-0.15, -0.1) is 0 Å². The molecule has 1 fully saturated rings. The summed E-state index contributed by atoms with van der Waals surface area (Å²) in [6.45, 7) is 0.928. The van der Waals surface area contributed by atoms with Gasteiger partial charge in [0.05, 0.1) is 20.3 Å². The largest absolute Gasteiger partial charge is 0.497 e. The minimum atomic E-state index is -0.336. The van der Waals surface area contributed by atoms with Crippen molar-refractivity contribution in [1.82, 2.24) is 0 Å². The SMILES string of the molecule is COC[C@H]1CN(c2ccc(OC)cc2)C(=O)O1. The number of amides is 1. The second-order valence-corrected chi connectivity index (χ2v) is 3.77. The first-order valence-corrected chi connectivity index (χ1v) is 5.35. The van der Waals surface area contributed by atoms with Crippen LogP contribution in [0.1, 0.15) is 0 Å². The zero-order valence-corrected chi connectivity index (χ0v) is 9.88. The lowest BCUT2D eigenvalue weighted by atomic mass is 10.2. The van der Waals surface area contributed by atoms with Crippen LogP contribution in [0.15, 0.2) is 24.3 Å². The lowest BCUT2D eigenvalue weighted by molar-refractivity contribution is 0.0718. The lowest BCUT2D eigenvalue weighted by Gasteiger charge is -2.13. The van der Waals surface area contributed by atoms with Crippen molar-refractivity contribution in [1.29, 1.82) is 0 Å². The molecule has 0 N–H and O–H groups in total. The minimum Gasteiger partial charge on any atom is -0.497 e. The summed E-state index contributed by atoms with van der Waals surface area (Å²) in [5.74, 6) is 0.759. The molecule has 1 amide bonds. The van der Waals surface area contributed by atoms with Crippen LogP contribution in [0.25, 0.3) is 0 Å². The summed E-state index contributed by atoms with van der Waals surface area (Å²) < 4.78 is 15.2. The summed E-state index contributed by atoms with van der Waals surface area (Å²) in [5, 5.41) is 0. The molecule has 0 unspecified atom stereocenters. The van der Waals surface area contributed by atoms with Crippen molar-refractivity contribution in [3.8, 4) is 5.75 Å². The zero-order chi connectivity index (χ0) is 12.3. The number of anilines is 1. The van der Waals surface area contributed by atoms with Gasteiger partial charge in [-0.1, -0.05) is 0 Å². The monoisotopic (exact) mass is 237 g/mol. The molecule has 17 heavy (non-hydrogen) atoms. The molecule has 0 aromatic heterocycles. The van der Waals surface area contributed by atoms with Crippen LogP contribution < -0.4 is 9.64 Å². The molecule has 0 bridgehead atoms. The Bertz CT molecular complexity index is 390. The molecule has 0 saturated carbocycles. The Morgan fingerprint density at radius 1 is 1.35 bits per heavy atom. The molecule has 5 nitrogen and oxygen atoms in total. The Hall–Kier alpha value is -1.75. The molecule has 1 saturated heterocycles. The third kappa shape index (κ3) is 2.50. The van der Waals surface area contributed by atoms with Crippen LogP contribution in [0.4, 0.5) is 10.5 Å². The molecule has 0 radical (unpaired) electrons. The van der Waals surface area contributed by atoms with Crippen LogP contribution in [0.5, 0.6) is 5.75 Å². The van der Waals surface area contributed by atoms with Crippen molar-refractivity contribution in [3.63, 3.8) is 0 Å². The summed E-state index contributed by atoms with van der Waals surface area (Å²) in [7, 11) is 3.19. The van der Waals surface area contributed by atoms with Crippen LogP contribution in [0, 0.1) is 0 Å². The van der Waals surface area contributed by atoms with Crippen LogP contribution in [-0.2, 0) is 9.47 Å². The topological polar surface area (TPSA) is 48.0 Å². The van der Waals surface area contributed by atoms with Gasteiger partial charge < -0.3 is 14.2 Å². The molecule has 1 atom stereocenters. The Labute approximate surface area is 99.9 Å². The molecular formula is C12H15NO4. The van der Waals surface area contributed by atoms with E-state index in [0.29, 0.717) is 13.2 Å². The number of ether oxygens (including phenoxy) is 3. The standard InChI is InChI=1S/C12H15NO4/c1-15-8-11-7-13(12(14)17-11)9-3-5-10(16-2)6-4-9/h3-6,11H,7-8H2,1-2H3/t11-/m1/s1. The van der Waals surface area contributed by atoms with Crippen molar-refractivity contribution >= 4 is 11.8 Å². The second-order valence-electron chi connectivity index (χ2n) is 3.77. The molecule has 1 aliphatic rings. The van der Waals surface area contributed by atoms with E-state index in [1.807, 2.05) is 24.3 Å². The van der Waals surface area contributed by atoms with Gasteiger partial charge in [0.25, 0.3) is 0 Å². The fourth-order valence-corrected chi connectivity index (χ4v) is 1.77. The van der Waals surface area contributed by atoms with E-state index in [0.717, 1.165) is 11.4 Å². The van der Waals surface area contributed by atoms with Crippen LogP contribution in [-0.4, -0.2) is 39.6 Å². The summed E-state index contributed by atoms with van der Waals surface area (Å²) in [4.78, 5) is 13.2. The minimum absolute atomic E-state index is 0.199. The van der Waals surface area contributed by atoms with E-state index in [-0.39, 0.29) is 12.2 Å². The van der Waals surface area contributed by atoms with Gasteiger partial charge in [0.1, 0.15) is 11.9 Å². The fourth-order valence-electron chi connectivity index (χ4n) is 1.77. The highest BCUT2D eigenvalue weighted by molar-refractivity contribution is 5.89. The number of methoxy groups -OCH3 is 2. The first kappa shape index (κ1) is 11.7. The van der Waals surface area contributed by atoms with Crippen LogP contribution >= 0.6 is 0 Å². The normalized spacial score (nSPS) is 19.3. The summed E-state index contributed by atoms with van der Waals surface area (Å²) in [5.41, 5.74) is 0.800. The maximum Gasteiger partial charge on any atom is 0.414 e. The molecule has 1 aromatic carbocycles. The van der Waals surface area contributed by atoms with Gasteiger partial charge in [0.15, 0.2) is 0 Å². The van der Waals surface area contributed by atoms with Gasteiger partial charge in [-0.2, -0.15) is 0 Å². The van der Waals surface area contributed by atoms with E-state index in [2.05, 4.69) is 0 Å². The number of benzene rings is 1. The second kappa shape index (κ2) is 5.05. The third-order valence-corrected chi connectivity index (χ3v) is 2.61. The smallest absolute Gasteiger partial charge is 0.414 e. The molecule has 1 heterocycles. The van der Waals surface area contributed by atoms with Gasteiger partial charge >= 0.3 is 6.09 Å². The summed E-state index contributed by atoms with van der Waals surface area (Å²) >= 11 is 0. The van der Waals surface area contributed by atoms with Gasteiger partial charge in [0, 0.05) is 12.8 Å². The molecule has 1 aromatic rings. The number of nitrogens with zero attached hydrogens (tertiary/aromatic N) is 1. The Morgan fingerprint density at radius 2 is 2.06 bits per heavy atom. The highest BCUT2D eigenvalue weighted by Gasteiger charge is 2.32. The van der Waals surface area contributed by atoms with Crippen molar-refractivity contribution < 1.29 is 19.0 Å². The van der Waals surface area contributed by atoms with Gasteiger partial charge in [0.2, 0.25) is 0 Å². The zero-order valence-electron chi connectivity index (χ0n) is 9.88. The number of hydrogen-bond donors (Lipinski definition) is 0. The number of carbonyl (C=O) groups is 1. The van der Waals surface area contributed by atoms with E-state index in [4.69, 9.17) is 14.2 Å². The highest BCUT2D eigenvalue weighted by atomic mass is 16.6. The Balaban J connectivity index is 2.08. The third-order valence-electron chi connectivity index (χ3n) is 2.61. The van der Waals surface area contributed by atoms with E-state index in [9.17, 15) is 4.79 Å². The Morgan fingerprint density at radius 3 is 2.65 bits per heavy atom. The van der Waals surface area contributed by atoms with E-state index in [1.54, 1.807) is 19.1 Å². The van der Waals surface area contributed by atoms with Gasteiger partial charge in [-0.25, -0.2) is 4.79 Å². The van der Waals surface area contributed by atoms with Gasteiger partial charge in [-0.05, 0) is 24.3 Å². The van der Waals surface area contributed by atoms with E-state index < -0.39 is 0 Å². The van der Waals surface area contributed by atoms with Crippen molar-refractivity contribution in [2.75, 3.05) is 32.3 Å². The molecule has 0 aliphatic carbocycles. The number of cyclic esters (lactones) is 1. The molecule has 5 heteroatoms. The molecule has 92 valence electrons. The first-order chi connectivity index (χ1) is 8.24. The van der Waals surface area contributed by atoms with Crippen molar-refractivity contribution in [2.45, 2.75) is 6.10 Å². The van der Waals surface area contributed by atoms with Crippen molar-refractivity contribution in [2.24, 2.45) is 0 Å². The van der Waals surface area contributed by atoms with E-state index in [1.165, 1.54) is 0 Å². The number of hydrogen-bond acceptors (Lipinski definition) is 4. The molecular weight excluding hydrogens is 222 g/mol. The quantitative estimate of drug-likeness (QED) is 0.799. The average molecular weight is 237 g/mol. The maximum absolute atomic E-state index is 11.6. The highest BCUT2D eigenvalue weighted by Crippen LogP contribution is 2.24. The lowest BCUT2D eigenvalue weighted by Crippen LogP contribution is -2.25. The predicted octanol–water partition coefficient (Wildman–Crippen LogP) is 1.67. The Kier molecular flexibility index (Phi) is 3.49. The number of rotatable bonds is 4. The predicted molar refractivity (Wildman–Crippen MR) is 62.5 cm³/mol. The molecule has 2 rings (SSSR count). The first-order valence-electron chi connectivity index (χ1n) is 5.35. The van der Waals surface area contributed by atoms with Crippen LogP contribution in [0.2, 0.25) is 0 Å². The summed E-state index contributed by atoms with van der Waals surface area (Å²) in [6, 6.07) is 7.28. The number of carbonyl (C=O) groups excluding carboxylic acids is 1.